The largest absolute Gasteiger partial charge is 0.389 e. The molecule has 4 atom stereocenters. The van der Waals surface area contributed by atoms with Crippen LogP contribution in [0.5, 0.6) is 0 Å². The highest BCUT2D eigenvalue weighted by molar-refractivity contribution is 5.79. The topological polar surface area (TPSA) is 82.6 Å². The summed E-state index contributed by atoms with van der Waals surface area (Å²) in [5, 5.41) is 10.3. The molecule has 4 aliphatic rings. The van der Waals surface area contributed by atoms with E-state index in [0.717, 1.165) is 64.7 Å². The van der Waals surface area contributed by atoms with Crippen molar-refractivity contribution in [2.45, 2.75) is 69.3 Å². The number of carbonyl (C=O) groups is 2. The van der Waals surface area contributed by atoms with E-state index in [4.69, 9.17) is 9.47 Å². The number of piperazine rings is 1. The third kappa shape index (κ3) is 5.15. The number of amides is 2. The zero-order valence-electron chi connectivity index (χ0n) is 18.2. The molecule has 3 saturated heterocycles. The van der Waals surface area contributed by atoms with Crippen molar-refractivity contribution in [2.75, 3.05) is 53.0 Å². The second kappa shape index (κ2) is 9.94. The van der Waals surface area contributed by atoms with Crippen LogP contribution in [-0.2, 0) is 19.1 Å². The van der Waals surface area contributed by atoms with E-state index in [0.29, 0.717) is 19.6 Å². The standard InChI is InChI=1S/C22H37N3O5/c1-23-8-10-24(11-9-23)21(27)12-18-6-7-19-20(30-18)15-29-14-17(26)13-25(19)22(28)16-4-2-3-5-16/h16-20,26H,2-15H2,1H3/t17-,18-,19-,20+/m1/s1. The first-order valence-electron chi connectivity index (χ1n) is 11.7. The third-order valence-corrected chi connectivity index (χ3v) is 7.23. The molecule has 8 heteroatoms. The van der Waals surface area contributed by atoms with Gasteiger partial charge < -0.3 is 29.3 Å². The number of likely N-dealkylation sites (N-methyl/N-ethyl adjacent to an activating group) is 1. The molecule has 0 aromatic carbocycles. The van der Waals surface area contributed by atoms with Gasteiger partial charge in [-0.15, -0.1) is 0 Å². The van der Waals surface area contributed by atoms with Crippen molar-refractivity contribution in [2.24, 2.45) is 5.92 Å². The van der Waals surface area contributed by atoms with E-state index in [-0.39, 0.29) is 42.6 Å². The van der Waals surface area contributed by atoms with Gasteiger partial charge in [-0.25, -0.2) is 0 Å². The quantitative estimate of drug-likeness (QED) is 0.711. The number of carbonyl (C=O) groups excluding carboxylic acids is 2. The lowest BCUT2D eigenvalue weighted by Crippen LogP contribution is -2.58. The highest BCUT2D eigenvalue weighted by atomic mass is 16.5. The van der Waals surface area contributed by atoms with Crippen LogP contribution in [0.1, 0.15) is 44.9 Å². The lowest BCUT2D eigenvalue weighted by Gasteiger charge is -2.45. The Morgan fingerprint density at radius 2 is 1.73 bits per heavy atom. The average Bonchev–Trinajstić information content (AvgIpc) is 3.26. The lowest BCUT2D eigenvalue weighted by molar-refractivity contribution is -0.173. The molecule has 0 spiro atoms. The van der Waals surface area contributed by atoms with Crippen LogP contribution in [0.25, 0.3) is 0 Å². The Kier molecular flexibility index (Phi) is 7.28. The van der Waals surface area contributed by atoms with Crippen LogP contribution in [0.2, 0.25) is 0 Å². The number of β-amino-alcohol motifs (C(OH)–C–C–N with tert-alkyl or cyclic N) is 1. The van der Waals surface area contributed by atoms with Crippen LogP contribution in [0.3, 0.4) is 0 Å². The SMILES string of the molecule is CN1CCN(C(=O)C[C@H]2CC[C@@H]3[C@H](COC[C@H](O)CN3C(=O)C3CCCC3)O2)CC1. The Morgan fingerprint density at radius 1 is 1.00 bits per heavy atom. The van der Waals surface area contributed by atoms with Crippen molar-refractivity contribution in [1.29, 1.82) is 0 Å². The molecule has 3 heterocycles. The maximum Gasteiger partial charge on any atom is 0.226 e. The number of rotatable bonds is 3. The van der Waals surface area contributed by atoms with E-state index in [1.54, 1.807) is 0 Å². The van der Waals surface area contributed by atoms with Gasteiger partial charge in [0.15, 0.2) is 0 Å². The maximum absolute atomic E-state index is 13.2. The van der Waals surface area contributed by atoms with Crippen LogP contribution in [0, 0.1) is 5.92 Å². The molecule has 1 saturated carbocycles. The Hall–Kier alpha value is -1.22. The summed E-state index contributed by atoms with van der Waals surface area (Å²) in [6, 6.07) is -0.0805. The Morgan fingerprint density at radius 3 is 2.47 bits per heavy atom. The molecule has 1 aliphatic carbocycles. The second-order valence-corrected chi connectivity index (χ2v) is 9.49. The van der Waals surface area contributed by atoms with Crippen molar-refractivity contribution < 1.29 is 24.2 Å². The molecule has 0 aromatic rings. The summed E-state index contributed by atoms with van der Waals surface area (Å²) in [6.45, 7) is 4.26. The average molecular weight is 424 g/mol. The van der Waals surface area contributed by atoms with Crippen LogP contribution in [0.4, 0.5) is 0 Å². The van der Waals surface area contributed by atoms with E-state index in [1.165, 1.54) is 0 Å². The van der Waals surface area contributed by atoms with Gasteiger partial charge in [0.1, 0.15) is 6.10 Å². The minimum absolute atomic E-state index is 0.0785. The Labute approximate surface area is 179 Å². The summed E-state index contributed by atoms with van der Waals surface area (Å²) in [5.74, 6) is 0.404. The van der Waals surface area contributed by atoms with E-state index in [1.807, 2.05) is 9.80 Å². The van der Waals surface area contributed by atoms with Crippen molar-refractivity contribution >= 4 is 11.8 Å². The molecule has 2 amide bonds. The predicted octanol–water partition coefficient (Wildman–Crippen LogP) is 0.477. The van der Waals surface area contributed by atoms with Crippen LogP contribution >= 0.6 is 0 Å². The van der Waals surface area contributed by atoms with Gasteiger partial charge in [-0.3, -0.25) is 9.59 Å². The van der Waals surface area contributed by atoms with Crippen LogP contribution < -0.4 is 0 Å². The number of fused-ring (bicyclic) bond motifs is 1. The van der Waals surface area contributed by atoms with E-state index in [2.05, 4.69) is 11.9 Å². The summed E-state index contributed by atoms with van der Waals surface area (Å²) >= 11 is 0. The minimum Gasteiger partial charge on any atom is -0.389 e. The van der Waals surface area contributed by atoms with Gasteiger partial charge in [0.2, 0.25) is 11.8 Å². The number of nitrogens with zero attached hydrogens (tertiary/aromatic N) is 3. The molecule has 4 rings (SSSR count). The normalized spacial score (nSPS) is 34.3. The van der Waals surface area contributed by atoms with Crippen molar-refractivity contribution in [3.63, 3.8) is 0 Å². The fraction of sp³-hybridized carbons (Fsp3) is 0.909. The molecule has 4 fully saturated rings. The summed E-state index contributed by atoms with van der Waals surface area (Å²) in [5.41, 5.74) is 0. The van der Waals surface area contributed by atoms with Crippen molar-refractivity contribution in [1.82, 2.24) is 14.7 Å². The summed E-state index contributed by atoms with van der Waals surface area (Å²) < 4.78 is 12.0. The first-order chi connectivity index (χ1) is 14.5. The third-order valence-electron chi connectivity index (χ3n) is 7.23. The van der Waals surface area contributed by atoms with Gasteiger partial charge in [0.05, 0.1) is 37.9 Å². The first kappa shape index (κ1) is 22.0. The Balaban J connectivity index is 1.38. The fourth-order valence-electron chi connectivity index (χ4n) is 5.38. The molecule has 3 aliphatic heterocycles. The summed E-state index contributed by atoms with van der Waals surface area (Å²) in [4.78, 5) is 32.0. The van der Waals surface area contributed by atoms with Gasteiger partial charge in [-0.1, -0.05) is 12.8 Å². The van der Waals surface area contributed by atoms with E-state index < -0.39 is 6.10 Å². The molecule has 30 heavy (non-hydrogen) atoms. The number of hydrogen-bond donors (Lipinski definition) is 1. The molecule has 8 nitrogen and oxygen atoms in total. The Bertz CT molecular complexity index is 604. The zero-order chi connectivity index (χ0) is 21.1. The maximum atomic E-state index is 13.2. The van der Waals surface area contributed by atoms with Crippen LogP contribution in [0.15, 0.2) is 0 Å². The monoisotopic (exact) mass is 423 g/mol. The molecule has 1 N–H and O–H groups in total. The first-order valence-corrected chi connectivity index (χ1v) is 11.7. The number of hydrogen-bond acceptors (Lipinski definition) is 6. The van der Waals surface area contributed by atoms with Crippen molar-refractivity contribution in [3.8, 4) is 0 Å². The molecule has 0 aromatic heterocycles. The number of ether oxygens (including phenoxy) is 2. The van der Waals surface area contributed by atoms with E-state index >= 15 is 0 Å². The minimum atomic E-state index is -0.659. The number of aliphatic hydroxyl groups excluding tert-OH is 1. The summed E-state index contributed by atoms with van der Waals surface area (Å²) in [7, 11) is 2.08. The predicted molar refractivity (Wildman–Crippen MR) is 111 cm³/mol. The fourth-order valence-corrected chi connectivity index (χ4v) is 5.38. The number of aliphatic hydroxyl groups is 1. The van der Waals surface area contributed by atoms with Gasteiger partial charge in [-0.05, 0) is 32.7 Å². The molecule has 170 valence electrons. The highest BCUT2D eigenvalue weighted by Crippen LogP contribution is 2.32. The lowest BCUT2D eigenvalue weighted by atomic mass is 9.93. The van der Waals surface area contributed by atoms with E-state index in [9.17, 15) is 14.7 Å². The van der Waals surface area contributed by atoms with Gasteiger partial charge >= 0.3 is 0 Å². The molecule has 0 unspecified atom stereocenters. The smallest absolute Gasteiger partial charge is 0.226 e. The summed E-state index contributed by atoms with van der Waals surface area (Å²) in [6.07, 6.45) is 5.03. The van der Waals surface area contributed by atoms with Gasteiger partial charge in [0.25, 0.3) is 0 Å². The molecular formula is C22H37N3O5. The highest BCUT2D eigenvalue weighted by Gasteiger charge is 2.42. The molecule has 0 radical (unpaired) electrons. The van der Waals surface area contributed by atoms with Crippen LogP contribution in [-0.4, -0.2) is 109 Å². The van der Waals surface area contributed by atoms with Crippen molar-refractivity contribution in [3.05, 3.63) is 0 Å². The second-order valence-electron chi connectivity index (χ2n) is 9.49. The molecular weight excluding hydrogens is 386 g/mol. The van der Waals surface area contributed by atoms with Gasteiger partial charge in [0, 0.05) is 38.6 Å². The zero-order valence-corrected chi connectivity index (χ0v) is 18.2. The van der Waals surface area contributed by atoms with Gasteiger partial charge in [-0.2, -0.15) is 0 Å². The molecule has 0 bridgehead atoms.